The van der Waals surface area contributed by atoms with Crippen molar-refractivity contribution in [2.24, 2.45) is 0 Å². The average Bonchev–Trinajstić information content (AvgIpc) is 2.89. The first-order valence-electron chi connectivity index (χ1n) is 9.39. The molecule has 1 aromatic carbocycles. The normalized spacial score (nSPS) is 16.4. The lowest BCUT2D eigenvalue weighted by atomic mass is 10.1. The van der Waals surface area contributed by atoms with E-state index >= 15 is 0 Å². The van der Waals surface area contributed by atoms with Crippen LogP contribution in [-0.2, 0) is 6.42 Å². The van der Waals surface area contributed by atoms with Crippen LogP contribution < -0.4 is 10.2 Å². The second-order valence-electron chi connectivity index (χ2n) is 6.76. The molecule has 2 nitrogen and oxygen atoms in total. The van der Waals surface area contributed by atoms with Gasteiger partial charge in [0.25, 0.3) is 0 Å². The van der Waals surface area contributed by atoms with Gasteiger partial charge < -0.3 is 10.2 Å². The number of hydrogen-bond acceptors (Lipinski definition) is 1. The van der Waals surface area contributed by atoms with Crippen LogP contribution in [0.15, 0.2) is 24.3 Å². The molecular formula is C20H32N2S. The zero-order chi connectivity index (χ0) is 16.5. The molecule has 0 unspecified atom stereocenters. The van der Waals surface area contributed by atoms with E-state index in [1.54, 1.807) is 0 Å². The Bertz CT molecular complexity index is 486. The van der Waals surface area contributed by atoms with E-state index in [2.05, 4.69) is 48.3 Å². The minimum absolute atomic E-state index is 0.464. The summed E-state index contributed by atoms with van der Waals surface area (Å²) in [7, 11) is 0. The molecule has 0 saturated heterocycles. The van der Waals surface area contributed by atoms with Crippen LogP contribution >= 0.6 is 12.2 Å². The van der Waals surface area contributed by atoms with Crippen LogP contribution in [0, 0.1) is 0 Å². The number of rotatable bonds is 9. The van der Waals surface area contributed by atoms with E-state index in [4.69, 9.17) is 12.2 Å². The molecule has 1 heterocycles. The molecule has 0 aliphatic carbocycles. The third-order valence-corrected chi connectivity index (χ3v) is 5.07. The summed E-state index contributed by atoms with van der Waals surface area (Å²) >= 11 is 5.63. The number of thiocarbonyl (C=S) groups is 1. The van der Waals surface area contributed by atoms with Gasteiger partial charge in [-0.05, 0) is 43.6 Å². The molecule has 0 amide bonds. The second kappa shape index (κ2) is 9.92. The molecule has 1 N–H and O–H groups in total. The van der Waals surface area contributed by atoms with E-state index in [1.807, 2.05) is 0 Å². The van der Waals surface area contributed by atoms with Crippen molar-refractivity contribution in [3.63, 3.8) is 0 Å². The Morgan fingerprint density at radius 1 is 1.09 bits per heavy atom. The molecule has 0 spiro atoms. The number of anilines is 1. The Hall–Kier alpha value is -1.09. The lowest BCUT2D eigenvalue weighted by Crippen LogP contribution is -2.43. The van der Waals surface area contributed by atoms with Gasteiger partial charge in [-0.2, -0.15) is 0 Å². The van der Waals surface area contributed by atoms with Crippen LogP contribution in [0.25, 0.3) is 0 Å². The highest BCUT2D eigenvalue weighted by Crippen LogP contribution is 2.31. The number of unbranched alkanes of at least 4 members (excludes halogenated alkanes) is 7. The molecular weight excluding hydrogens is 300 g/mol. The molecule has 23 heavy (non-hydrogen) atoms. The van der Waals surface area contributed by atoms with Gasteiger partial charge in [0.1, 0.15) is 0 Å². The Morgan fingerprint density at radius 2 is 1.74 bits per heavy atom. The molecule has 1 aromatic rings. The molecule has 0 bridgehead atoms. The van der Waals surface area contributed by atoms with Crippen LogP contribution in [-0.4, -0.2) is 17.7 Å². The van der Waals surface area contributed by atoms with Crippen molar-refractivity contribution >= 4 is 23.0 Å². The van der Waals surface area contributed by atoms with Crippen molar-refractivity contribution in [1.29, 1.82) is 0 Å². The Balaban J connectivity index is 1.62. The van der Waals surface area contributed by atoms with Gasteiger partial charge in [0.2, 0.25) is 0 Å². The molecule has 0 aromatic heterocycles. The smallest absolute Gasteiger partial charge is 0.173 e. The first-order valence-corrected chi connectivity index (χ1v) is 9.79. The Morgan fingerprint density at radius 3 is 2.48 bits per heavy atom. The zero-order valence-corrected chi connectivity index (χ0v) is 15.6. The first-order chi connectivity index (χ1) is 11.2. The van der Waals surface area contributed by atoms with Gasteiger partial charge in [-0.25, -0.2) is 0 Å². The lowest BCUT2D eigenvalue weighted by Gasteiger charge is -2.26. The summed E-state index contributed by atoms with van der Waals surface area (Å²) in [6.07, 6.45) is 11.9. The molecule has 1 aliphatic heterocycles. The number of para-hydroxylation sites is 1. The average molecular weight is 333 g/mol. The Labute approximate surface area is 147 Å². The predicted octanol–water partition coefficient (Wildman–Crippen LogP) is 5.45. The van der Waals surface area contributed by atoms with E-state index in [0.717, 1.165) is 18.1 Å². The second-order valence-corrected chi connectivity index (χ2v) is 7.15. The summed E-state index contributed by atoms with van der Waals surface area (Å²) in [4.78, 5) is 2.29. The van der Waals surface area contributed by atoms with Crippen molar-refractivity contribution in [2.75, 3.05) is 11.4 Å². The predicted molar refractivity (Wildman–Crippen MR) is 105 cm³/mol. The fraction of sp³-hybridized carbons (Fsp3) is 0.650. The molecule has 0 saturated carbocycles. The number of hydrogen-bond donors (Lipinski definition) is 1. The van der Waals surface area contributed by atoms with Crippen LogP contribution in [0.4, 0.5) is 5.69 Å². The highest BCUT2D eigenvalue weighted by molar-refractivity contribution is 7.80. The van der Waals surface area contributed by atoms with E-state index in [1.165, 1.54) is 62.6 Å². The maximum absolute atomic E-state index is 5.63. The summed E-state index contributed by atoms with van der Waals surface area (Å²) in [6, 6.07) is 9.08. The largest absolute Gasteiger partial charge is 0.362 e. The van der Waals surface area contributed by atoms with Crippen LogP contribution in [0.5, 0.6) is 0 Å². The molecule has 2 rings (SSSR count). The number of benzene rings is 1. The molecule has 0 fully saturated rings. The van der Waals surface area contributed by atoms with Gasteiger partial charge in [0, 0.05) is 18.3 Å². The minimum atomic E-state index is 0.464. The van der Waals surface area contributed by atoms with Gasteiger partial charge in [0.15, 0.2) is 5.11 Å². The van der Waals surface area contributed by atoms with Crippen LogP contribution in [0.2, 0.25) is 0 Å². The summed E-state index contributed by atoms with van der Waals surface area (Å²) in [5.41, 5.74) is 2.70. The van der Waals surface area contributed by atoms with Gasteiger partial charge in [-0.1, -0.05) is 70.1 Å². The van der Waals surface area contributed by atoms with E-state index in [-0.39, 0.29) is 0 Å². The SMILES string of the molecule is CCCCCCCCCCNC(=S)N1c2ccccc2C[C@H]1C. The summed E-state index contributed by atoms with van der Waals surface area (Å²) in [5, 5.41) is 4.36. The first kappa shape index (κ1) is 18.3. The fourth-order valence-corrected chi connectivity index (χ4v) is 3.79. The van der Waals surface area contributed by atoms with E-state index < -0.39 is 0 Å². The van der Waals surface area contributed by atoms with Crippen molar-refractivity contribution < 1.29 is 0 Å². The topological polar surface area (TPSA) is 15.3 Å². The van der Waals surface area contributed by atoms with E-state index in [9.17, 15) is 0 Å². The third-order valence-electron chi connectivity index (χ3n) is 4.73. The van der Waals surface area contributed by atoms with Gasteiger partial charge >= 0.3 is 0 Å². The van der Waals surface area contributed by atoms with Crippen molar-refractivity contribution in [1.82, 2.24) is 5.32 Å². The number of nitrogens with one attached hydrogen (secondary N) is 1. The highest BCUT2D eigenvalue weighted by Gasteiger charge is 2.28. The minimum Gasteiger partial charge on any atom is -0.362 e. The monoisotopic (exact) mass is 332 g/mol. The quantitative estimate of drug-likeness (QED) is 0.478. The van der Waals surface area contributed by atoms with Gasteiger partial charge in [-0.15, -0.1) is 0 Å². The zero-order valence-electron chi connectivity index (χ0n) is 14.8. The molecule has 128 valence electrons. The number of nitrogens with zero attached hydrogens (tertiary/aromatic N) is 1. The van der Waals surface area contributed by atoms with Crippen molar-refractivity contribution in [3.05, 3.63) is 29.8 Å². The maximum Gasteiger partial charge on any atom is 0.173 e. The summed E-state index contributed by atoms with van der Waals surface area (Å²) in [5.74, 6) is 0. The number of fused-ring (bicyclic) bond motifs is 1. The maximum atomic E-state index is 5.63. The molecule has 3 heteroatoms. The van der Waals surface area contributed by atoms with Crippen molar-refractivity contribution in [2.45, 2.75) is 77.7 Å². The van der Waals surface area contributed by atoms with E-state index in [0.29, 0.717) is 6.04 Å². The van der Waals surface area contributed by atoms with Gasteiger partial charge in [0.05, 0.1) is 0 Å². The van der Waals surface area contributed by atoms with Crippen LogP contribution in [0.1, 0.15) is 70.8 Å². The molecule has 1 aliphatic rings. The van der Waals surface area contributed by atoms with Gasteiger partial charge in [-0.3, -0.25) is 0 Å². The molecule has 1 atom stereocenters. The molecule has 0 radical (unpaired) electrons. The van der Waals surface area contributed by atoms with Crippen molar-refractivity contribution in [3.8, 4) is 0 Å². The summed E-state index contributed by atoms with van der Waals surface area (Å²) in [6.45, 7) is 5.53. The fourth-order valence-electron chi connectivity index (χ4n) is 3.41. The standard InChI is InChI=1S/C20H32N2S/c1-3-4-5-6-7-8-9-12-15-21-20(23)22-17(2)16-18-13-10-11-14-19(18)22/h10-11,13-14,17H,3-9,12,15-16H2,1-2H3,(H,21,23)/t17-/m1/s1. The lowest BCUT2D eigenvalue weighted by molar-refractivity contribution is 0.572. The summed E-state index contributed by atoms with van der Waals surface area (Å²) < 4.78 is 0. The van der Waals surface area contributed by atoms with Crippen LogP contribution in [0.3, 0.4) is 0 Å². The third kappa shape index (κ3) is 5.49. The highest BCUT2D eigenvalue weighted by atomic mass is 32.1. The Kier molecular flexibility index (Phi) is 7.87.